The number of anilines is 1. The normalized spacial score (nSPS) is 8.86. The van der Waals surface area contributed by atoms with E-state index in [1.807, 2.05) is 0 Å². The summed E-state index contributed by atoms with van der Waals surface area (Å²) in [6.45, 7) is 0. The van der Waals surface area contributed by atoms with Crippen LogP contribution in [0.1, 0.15) is 11.8 Å². The molecule has 3 N–H and O–H groups in total. The average Bonchev–Trinajstić information content (AvgIpc) is 2.03. The second-order valence-electron chi connectivity index (χ2n) is 2.30. The van der Waals surface area contributed by atoms with E-state index in [1.165, 1.54) is 12.1 Å². The number of carbonyl (C=O) groups is 1. The van der Waals surface area contributed by atoms with Gasteiger partial charge in [-0.15, -0.1) is 0 Å². The Hall–Kier alpha value is -1.11. The van der Waals surface area contributed by atoms with Crippen LogP contribution in [0.15, 0.2) is 18.2 Å². The van der Waals surface area contributed by atoms with Crippen LogP contribution in [0.25, 0.3) is 0 Å². The van der Waals surface area contributed by atoms with E-state index in [-0.39, 0.29) is 47.9 Å². The molecule has 70 valence electrons. The molecule has 0 heterocycles. The fraction of sp³-hybridized carbons (Fsp3) is 0. The first-order chi connectivity index (χ1) is 6.04. The second-order valence-corrected chi connectivity index (χ2v) is 2.30. The average molecular weight is 206 g/mol. The number of nitrogens with two attached hydrogens (primary N) is 1. The van der Waals surface area contributed by atoms with Crippen molar-refractivity contribution in [3.63, 3.8) is 0 Å². The summed E-state index contributed by atoms with van der Waals surface area (Å²) < 4.78 is 0. The number of rotatable bonds is 2. The van der Waals surface area contributed by atoms with Crippen molar-refractivity contribution in [1.29, 1.82) is 0 Å². The van der Waals surface area contributed by atoms with Gasteiger partial charge in [-0.05, 0) is 6.07 Å². The van der Waals surface area contributed by atoms with E-state index in [0.717, 1.165) is 6.07 Å². The number of nitrogens with zero attached hydrogens (tertiary/aromatic N) is 1. The molecular formula is C7H7N2NaO4. The van der Waals surface area contributed by atoms with Gasteiger partial charge in [0, 0.05) is 6.07 Å². The number of benzene rings is 1. The van der Waals surface area contributed by atoms with Gasteiger partial charge < -0.3 is 12.3 Å². The van der Waals surface area contributed by atoms with Gasteiger partial charge in [-0.3, -0.25) is 10.1 Å². The Morgan fingerprint density at radius 3 is 2.57 bits per heavy atom. The Kier molecular flexibility index (Phi) is 4.55. The number of hydrogen-bond donors (Lipinski definition) is 2. The summed E-state index contributed by atoms with van der Waals surface area (Å²) in [4.78, 5) is 20.1. The van der Waals surface area contributed by atoms with E-state index in [1.54, 1.807) is 0 Å². The smallest absolute Gasteiger partial charge is 1.00 e. The summed E-state index contributed by atoms with van der Waals surface area (Å²) in [5.74, 6) is -1.28. The molecule has 0 spiro atoms. The van der Waals surface area contributed by atoms with E-state index in [2.05, 4.69) is 0 Å². The van der Waals surface area contributed by atoms with E-state index in [0.29, 0.717) is 0 Å². The fourth-order valence-corrected chi connectivity index (χ4v) is 0.899. The van der Waals surface area contributed by atoms with Gasteiger partial charge in [0.1, 0.15) is 5.69 Å². The van der Waals surface area contributed by atoms with E-state index in [9.17, 15) is 14.9 Å². The molecule has 7 heteroatoms. The van der Waals surface area contributed by atoms with Crippen molar-refractivity contribution in [3.8, 4) is 0 Å². The largest absolute Gasteiger partial charge is 1.00 e. The van der Waals surface area contributed by atoms with Crippen molar-refractivity contribution in [1.82, 2.24) is 0 Å². The molecule has 0 saturated heterocycles. The Balaban J connectivity index is 0. The molecule has 0 fully saturated rings. The van der Waals surface area contributed by atoms with Gasteiger partial charge in [0.25, 0.3) is 5.69 Å². The van der Waals surface area contributed by atoms with Crippen LogP contribution < -0.4 is 35.3 Å². The van der Waals surface area contributed by atoms with Gasteiger partial charge in [-0.1, -0.05) is 6.07 Å². The molecular weight excluding hydrogens is 199 g/mol. The summed E-state index contributed by atoms with van der Waals surface area (Å²) >= 11 is 0. The van der Waals surface area contributed by atoms with Crippen LogP contribution in [0.2, 0.25) is 0 Å². The number of nitro groups is 1. The molecule has 0 aliphatic carbocycles. The van der Waals surface area contributed by atoms with Crippen LogP contribution in [-0.4, -0.2) is 16.0 Å². The Morgan fingerprint density at radius 2 is 2.14 bits per heavy atom. The molecule has 0 saturated carbocycles. The number of nitrogen functional groups attached to an aromatic ring is 1. The Morgan fingerprint density at radius 1 is 1.57 bits per heavy atom. The van der Waals surface area contributed by atoms with Gasteiger partial charge in [0.2, 0.25) is 0 Å². The molecule has 1 aromatic carbocycles. The molecule has 0 amide bonds. The van der Waals surface area contributed by atoms with Gasteiger partial charge in [0.05, 0.1) is 10.5 Å². The van der Waals surface area contributed by atoms with Crippen molar-refractivity contribution >= 4 is 17.3 Å². The first-order valence-electron chi connectivity index (χ1n) is 3.30. The van der Waals surface area contributed by atoms with Crippen molar-refractivity contribution in [2.24, 2.45) is 0 Å². The van der Waals surface area contributed by atoms with E-state index < -0.39 is 10.9 Å². The molecule has 0 aliphatic heterocycles. The third kappa shape index (κ3) is 2.44. The zero-order chi connectivity index (χ0) is 10.0. The van der Waals surface area contributed by atoms with E-state index in [4.69, 9.17) is 10.8 Å². The summed E-state index contributed by atoms with van der Waals surface area (Å²) in [5.41, 5.74) is 4.30. The maximum absolute atomic E-state index is 10.5. The molecule has 0 radical (unpaired) electrons. The van der Waals surface area contributed by atoms with Crippen LogP contribution in [-0.2, 0) is 0 Å². The van der Waals surface area contributed by atoms with Crippen LogP contribution >= 0.6 is 0 Å². The predicted molar refractivity (Wildman–Crippen MR) is 45.6 cm³/mol. The van der Waals surface area contributed by atoms with Crippen LogP contribution in [0.4, 0.5) is 11.4 Å². The number of hydrogen-bond acceptors (Lipinski definition) is 4. The Bertz CT molecular complexity index is 353. The number of aromatic carboxylic acids is 1. The zero-order valence-corrected chi connectivity index (χ0v) is 9.43. The summed E-state index contributed by atoms with van der Waals surface area (Å²) in [5, 5.41) is 18.9. The third-order valence-corrected chi connectivity index (χ3v) is 1.51. The van der Waals surface area contributed by atoms with Crippen molar-refractivity contribution < 1.29 is 45.8 Å². The van der Waals surface area contributed by atoms with Crippen molar-refractivity contribution in [2.45, 2.75) is 0 Å². The molecule has 1 aromatic rings. The van der Waals surface area contributed by atoms with Crippen molar-refractivity contribution in [2.75, 3.05) is 5.73 Å². The SMILES string of the molecule is Nc1c(C(=O)O)cccc1[N+](=O)[O-].[H-].[Na+]. The summed E-state index contributed by atoms with van der Waals surface area (Å²) in [6.07, 6.45) is 0. The molecule has 0 unspecified atom stereocenters. The number of nitro benzene ring substituents is 1. The quantitative estimate of drug-likeness (QED) is 0.252. The number of carboxylic acids is 1. The topological polar surface area (TPSA) is 106 Å². The molecule has 0 aliphatic rings. The molecule has 0 atom stereocenters. The van der Waals surface area contributed by atoms with E-state index >= 15 is 0 Å². The first-order valence-corrected chi connectivity index (χ1v) is 3.30. The van der Waals surface area contributed by atoms with Gasteiger partial charge in [-0.25, -0.2) is 4.79 Å². The first kappa shape index (κ1) is 12.9. The second kappa shape index (κ2) is 4.94. The minimum Gasteiger partial charge on any atom is -1.00 e. The van der Waals surface area contributed by atoms with Crippen LogP contribution in [0.5, 0.6) is 0 Å². The minimum atomic E-state index is -1.28. The molecule has 0 aromatic heterocycles. The fourth-order valence-electron chi connectivity index (χ4n) is 0.899. The van der Waals surface area contributed by atoms with Gasteiger partial charge >= 0.3 is 35.5 Å². The number of carboxylic acid groups (broad SMARTS) is 1. The minimum absolute atomic E-state index is 0. The maximum atomic E-state index is 10.5. The summed E-state index contributed by atoms with van der Waals surface area (Å²) in [7, 11) is 0. The standard InChI is InChI=1S/C7H6N2O4.Na.H/c8-6-4(7(10)11)2-1-3-5(6)9(12)13;;/h1-3H,8H2,(H,10,11);;/q;+1;-1. The Labute approximate surface area is 103 Å². The molecule has 6 nitrogen and oxygen atoms in total. The zero-order valence-electron chi connectivity index (χ0n) is 8.43. The van der Waals surface area contributed by atoms with Crippen LogP contribution in [0.3, 0.4) is 0 Å². The molecule has 14 heavy (non-hydrogen) atoms. The summed E-state index contributed by atoms with van der Waals surface area (Å²) in [6, 6.07) is 3.64. The van der Waals surface area contributed by atoms with Gasteiger partial charge in [0.15, 0.2) is 0 Å². The monoisotopic (exact) mass is 206 g/mol. The third-order valence-electron chi connectivity index (χ3n) is 1.51. The molecule has 0 bridgehead atoms. The van der Waals surface area contributed by atoms with Crippen molar-refractivity contribution in [3.05, 3.63) is 33.9 Å². The van der Waals surface area contributed by atoms with Crippen LogP contribution in [0, 0.1) is 10.1 Å². The molecule has 1 rings (SSSR count). The predicted octanol–water partition coefficient (Wildman–Crippen LogP) is -2.01. The van der Waals surface area contributed by atoms with Gasteiger partial charge in [-0.2, -0.15) is 0 Å². The number of para-hydroxylation sites is 1. The maximum Gasteiger partial charge on any atom is 1.00 e.